The molecule has 1 fully saturated rings. The summed E-state index contributed by atoms with van der Waals surface area (Å²) in [7, 11) is 0. The predicted molar refractivity (Wildman–Crippen MR) is 90.1 cm³/mol. The Morgan fingerprint density at radius 3 is 2.85 bits per heavy atom. The fourth-order valence-electron chi connectivity index (χ4n) is 3.02. The van der Waals surface area contributed by atoms with Crippen molar-refractivity contribution >= 4 is 5.91 Å². The summed E-state index contributed by atoms with van der Waals surface area (Å²) in [5.74, 6) is 0.771. The van der Waals surface area contributed by atoms with Crippen LogP contribution in [0.25, 0.3) is 0 Å². The van der Waals surface area contributed by atoms with Gasteiger partial charge in [-0.15, -0.1) is 0 Å². The van der Waals surface area contributed by atoms with Crippen LogP contribution in [0.3, 0.4) is 0 Å². The topological polar surface area (TPSA) is 90.2 Å². The van der Waals surface area contributed by atoms with Gasteiger partial charge in [0.15, 0.2) is 11.5 Å². The fraction of sp³-hybridized carbons (Fsp3) is 0.333. The highest BCUT2D eigenvalue weighted by Gasteiger charge is 2.30. The molecule has 1 saturated heterocycles. The molecule has 8 heteroatoms. The number of amides is 1. The second kappa shape index (κ2) is 6.47. The number of ether oxygens (including phenoxy) is 2. The fourth-order valence-corrected chi connectivity index (χ4v) is 3.02. The molecule has 0 saturated carbocycles. The van der Waals surface area contributed by atoms with E-state index in [1.807, 2.05) is 12.1 Å². The van der Waals surface area contributed by atoms with Gasteiger partial charge in [0.1, 0.15) is 18.3 Å². The Labute approximate surface area is 149 Å². The van der Waals surface area contributed by atoms with Crippen LogP contribution in [-0.2, 0) is 11.4 Å². The van der Waals surface area contributed by atoms with E-state index in [-0.39, 0.29) is 25.5 Å². The molecule has 1 aromatic carbocycles. The van der Waals surface area contributed by atoms with Crippen LogP contribution < -0.4 is 15.0 Å². The zero-order valence-electron chi connectivity index (χ0n) is 14.2. The molecule has 0 spiro atoms. The molecule has 1 N–H and O–H groups in total. The molecule has 2 aromatic rings. The third kappa shape index (κ3) is 2.93. The number of carbonyl (C=O) groups is 1. The Balaban J connectivity index is 1.64. The SMILES string of the molecule is Cc1ccn(Cc2ccc3c(c2)OCO3)c(=O)c1C(=O)N1CC(O)CO1. The number of pyridine rings is 1. The van der Waals surface area contributed by atoms with Gasteiger partial charge in [-0.3, -0.25) is 14.4 Å². The van der Waals surface area contributed by atoms with E-state index >= 15 is 0 Å². The Kier molecular flexibility index (Phi) is 4.14. The van der Waals surface area contributed by atoms with Gasteiger partial charge in [-0.25, -0.2) is 5.06 Å². The summed E-state index contributed by atoms with van der Waals surface area (Å²) < 4.78 is 12.1. The zero-order chi connectivity index (χ0) is 18.3. The summed E-state index contributed by atoms with van der Waals surface area (Å²) in [5.41, 5.74) is 1.05. The van der Waals surface area contributed by atoms with Crippen molar-refractivity contribution in [3.8, 4) is 11.5 Å². The predicted octanol–water partition coefficient (Wildman–Crippen LogP) is 0.682. The lowest BCUT2D eigenvalue weighted by Crippen LogP contribution is -2.36. The van der Waals surface area contributed by atoms with Gasteiger partial charge in [-0.1, -0.05) is 6.07 Å². The molecular weight excluding hydrogens is 340 g/mol. The van der Waals surface area contributed by atoms with E-state index in [2.05, 4.69) is 0 Å². The number of hydrogen-bond acceptors (Lipinski definition) is 6. The van der Waals surface area contributed by atoms with Gasteiger partial charge in [0.25, 0.3) is 11.5 Å². The highest BCUT2D eigenvalue weighted by atomic mass is 16.7. The molecule has 3 heterocycles. The maximum Gasteiger partial charge on any atom is 0.283 e. The molecule has 0 radical (unpaired) electrons. The van der Waals surface area contributed by atoms with Gasteiger partial charge in [0, 0.05) is 6.20 Å². The van der Waals surface area contributed by atoms with Crippen LogP contribution in [-0.4, -0.2) is 46.7 Å². The number of fused-ring (bicyclic) bond motifs is 1. The van der Waals surface area contributed by atoms with Crippen molar-refractivity contribution in [2.75, 3.05) is 19.9 Å². The van der Waals surface area contributed by atoms with Gasteiger partial charge >= 0.3 is 0 Å². The van der Waals surface area contributed by atoms with Crippen LogP contribution >= 0.6 is 0 Å². The molecule has 8 nitrogen and oxygen atoms in total. The Morgan fingerprint density at radius 2 is 2.08 bits per heavy atom. The Hall–Kier alpha value is -2.84. The maximum atomic E-state index is 12.8. The van der Waals surface area contributed by atoms with E-state index < -0.39 is 17.6 Å². The minimum atomic E-state index is -0.737. The number of aliphatic hydroxyl groups is 1. The number of hydrogen-bond donors (Lipinski definition) is 1. The van der Waals surface area contributed by atoms with E-state index in [4.69, 9.17) is 14.3 Å². The molecule has 1 unspecified atom stereocenters. The average molecular weight is 358 g/mol. The summed E-state index contributed by atoms with van der Waals surface area (Å²) in [6.45, 7) is 2.27. The quantitative estimate of drug-likeness (QED) is 0.868. The molecular formula is C18H18N2O6. The first-order valence-corrected chi connectivity index (χ1v) is 8.24. The van der Waals surface area contributed by atoms with Crippen molar-refractivity contribution in [2.45, 2.75) is 19.6 Å². The third-order valence-electron chi connectivity index (χ3n) is 4.40. The largest absolute Gasteiger partial charge is 0.454 e. The third-order valence-corrected chi connectivity index (χ3v) is 4.40. The minimum absolute atomic E-state index is 0.0438. The number of benzene rings is 1. The van der Waals surface area contributed by atoms with Crippen molar-refractivity contribution in [2.24, 2.45) is 0 Å². The highest BCUT2D eigenvalue weighted by Crippen LogP contribution is 2.32. The van der Waals surface area contributed by atoms with Crippen LogP contribution in [0.5, 0.6) is 11.5 Å². The molecule has 2 aliphatic heterocycles. The molecule has 1 aromatic heterocycles. The van der Waals surface area contributed by atoms with Crippen LogP contribution in [0.4, 0.5) is 0 Å². The monoisotopic (exact) mass is 358 g/mol. The second-order valence-corrected chi connectivity index (χ2v) is 6.31. The molecule has 0 bridgehead atoms. The molecule has 136 valence electrons. The normalized spacial score (nSPS) is 18.4. The van der Waals surface area contributed by atoms with Gasteiger partial charge in [-0.05, 0) is 36.2 Å². The van der Waals surface area contributed by atoms with Crippen molar-refractivity contribution < 1.29 is 24.2 Å². The minimum Gasteiger partial charge on any atom is -0.454 e. The standard InChI is InChI=1S/C18H18N2O6/c1-11-4-5-19(7-12-2-3-14-15(6-12)25-10-24-14)17(22)16(11)18(23)20-8-13(21)9-26-20/h2-6,13,21H,7-10H2,1H3. The van der Waals surface area contributed by atoms with Gasteiger partial charge in [0.2, 0.25) is 6.79 Å². The van der Waals surface area contributed by atoms with Crippen molar-refractivity contribution in [1.82, 2.24) is 9.63 Å². The number of carbonyl (C=O) groups excluding carboxylic acids is 1. The molecule has 1 atom stereocenters. The van der Waals surface area contributed by atoms with Gasteiger partial charge < -0.3 is 19.1 Å². The number of nitrogens with zero attached hydrogens (tertiary/aromatic N) is 2. The molecule has 1 amide bonds. The van der Waals surface area contributed by atoms with E-state index in [0.29, 0.717) is 23.6 Å². The lowest BCUT2D eigenvalue weighted by molar-refractivity contribution is -0.0781. The first-order valence-electron chi connectivity index (χ1n) is 8.24. The number of rotatable bonds is 3. The summed E-state index contributed by atoms with van der Waals surface area (Å²) >= 11 is 0. The van der Waals surface area contributed by atoms with Gasteiger partial charge in [0.05, 0.1) is 13.1 Å². The summed E-state index contributed by atoms with van der Waals surface area (Å²) in [6, 6.07) is 7.17. The number of aliphatic hydroxyl groups excluding tert-OH is 1. The molecule has 0 aliphatic carbocycles. The van der Waals surface area contributed by atoms with E-state index in [1.165, 1.54) is 4.57 Å². The van der Waals surface area contributed by atoms with E-state index in [0.717, 1.165) is 10.6 Å². The van der Waals surface area contributed by atoms with Crippen molar-refractivity contribution in [1.29, 1.82) is 0 Å². The summed E-state index contributed by atoms with van der Waals surface area (Å²) in [5, 5.41) is 10.6. The number of β-amino-alcohol motifs (C(OH)–C–C–N with tert-alkyl or cyclic N) is 1. The number of aromatic nitrogens is 1. The Morgan fingerprint density at radius 1 is 1.27 bits per heavy atom. The maximum absolute atomic E-state index is 12.8. The lowest BCUT2D eigenvalue weighted by atomic mass is 10.1. The van der Waals surface area contributed by atoms with Crippen LogP contribution in [0.2, 0.25) is 0 Å². The summed E-state index contributed by atoms with van der Waals surface area (Å²) in [6.07, 6.45) is 0.914. The lowest BCUT2D eigenvalue weighted by Gasteiger charge is -2.16. The van der Waals surface area contributed by atoms with E-state index in [1.54, 1.807) is 25.3 Å². The van der Waals surface area contributed by atoms with E-state index in [9.17, 15) is 14.7 Å². The molecule has 26 heavy (non-hydrogen) atoms. The van der Waals surface area contributed by atoms with Crippen molar-refractivity contribution in [3.63, 3.8) is 0 Å². The smallest absolute Gasteiger partial charge is 0.283 e. The molecule has 2 aliphatic rings. The van der Waals surface area contributed by atoms with Gasteiger partial charge in [-0.2, -0.15) is 0 Å². The zero-order valence-corrected chi connectivity index (χ0v) is 14.2. The summed E-state index contributed by atoms with van der Waals surface area (Å²) in [4.78, 5) is 30.6. The van der Waals surface area contributed by atoms with Crippen molar-refractivity contribution in [3.05, 3.63) is 57.5 Å². The van der Waals surface area contributed by atoms with Crippen LogP contribution in [0.1, 0.15) is 21.5 Å². The average Bonchev–Trinajstić information content (AvgIpc) is 3.25. The number of hydroxylamine groups is 2. The second-order valence-electron chi connectivity index (χ2n) is 6.31. The van der Waals surface area contributed by atoms with Crippen LogP contribution in [0, 0.1) is 6.92 Å². The van der Waals surface area contributed by atoms with Crippen LogP contribution in [0.15, 0.2) is 35.3 Å². The highest BCUT2D eigenvalue weighted by molar-refractivity contribution is 5.94. The first-order chi connectivity index (χ1) is 12.5. The number of aryl methyl sites for hydroxylation is 1. The first kappa shape index (κ1) is 16.6. The Bertz CT molecular complexity index is 922. The molecule has 4 rings (SSSR count).